The zero-order valence-corrected chi connectivity index (χ0v) is 21.7. The van der Waals surface area contributed by atoms with Crippen LogP contribution in [0.25, 0.3) is 22.4 Å². The van der Waals surface area contributed by atoms with Crippen molar-refractivity contribution < 1.29 is 13.6 Å². The summed E-state index contributed by atoms with van der Waals surface area (Å²) < 4.78 is 28.5. The summed E-state index contributed by atoms with van der Waals surface area (Å²) in [5.41, 5.74) is 10.5. The number of rotatable bonds is 8. The van der Waals surface area contributed by atoms with E-state index in [1.165, 1.54) is 0 Å². The summed E-state index contributed by atoms with van der Waals surface area (Å²) in [6.45, 7) is -0.0695. The summed E-state index contributed by atoms with van der Waals surface area (Å²) in [7, 11) is 0. The lowest BCUT2D eigenvalue weighted by atomic mass is 9.72. The van der Waals surface area contributed by atoms with E-state index in [2.05, 4.69) is 27.4 Å². The number of nitrogens with zero attached hydrogens (tertiary/aromatic N) is 1. The molecule has 1 aliphatic rings. The maximum Gasteiger partial charge on any atom is 0.249 e. The van der Waals surface area contributed by atoms with Gasteiger partial charge in [-0.3, -0.25) is 4.79 Å². The van der Waals surface area contributed by atoms with Crippen LogP contribution in [0.1, 0.15) is 36.6 Å². The average molecular weight is 533 g/mol. The molecule has 0 saturated heterocycles. The highest BCUT2D eigenvalue weighted by Crippen LogP contribution is 2.47. The molecule has 0 spiro atoms. The van der Waals surface area contributed by atoms with Crippen LogP contribution in [-0.2, 0) is 10.5 Å². The number of carbonyl (C=O) groups excluding carboxylic acids is 1. The van der Waals surface area contributed by atoms with Gasteiger partial charge in [-0.2, -0.15) is 0 Å². The summed E-state index contributed by atoms with van der Waals surface area (Å²) in [5.74, 6) is -2.78. The number of hydrogen-bond donors (Lipinski definition) is 3. The van der Waals surface area contributed by atoms with Gasteiger partial charge in [0.1, 0.15) is 5.82 Å². The second kappa shape index (κ2) is 11.5. The quantitative estimate of drug-likeness (QED) is 0.177. The molecule has 1 aromatic heterocycles. The van der Waals surface area contributed by atoms with Gasteiger partial charge in [0.05, 0.1) is 30.2 Å². The van der Waals surface area contributed by atoms with Gasteiger partial charge in [-0.05, 0) is 46.7 Å². The number of nitrogens with two attached hydrogens (primary N) is 1. The van der Waals surface area contributed by atoms with Gasteiger partial charge in [0.15, 0.2) is 0 Å². The van der Waals surface area contributed by atoms with Crippen molar-refractivity contribution in [1.29, 1.82) is 0 Å². The van der Waals surface area contributed by atoms with Crippen molar-refractivity contribution in [2.45, 2.75) is 41.8 Å². The number of thioether (sulfide) groups is 1. The van der Waals surface area contributed by atoms with Crippen LogP contribution in [-0.4, -0.2) is 28.5 Å². The van der Waals surface area contributed by atoms with Gasteiger partial charge in [0.2, 0.25) is 11.8 Å². The first kappa shape index (κ1) is 26.1. The van der Waals surface area contributed by atoms with Crippen LogP contribution in [0.3, 0.4) is 0 Å². The molecule has 1 heterocycles. The second-order valence-corrected chi connectivity index (χ2v) is 10.6. The number of amides is 1. The Balaban J connectivity index is 1.31. The molecule has 4 N–H and O–H groups in total. The van der Waals surface area contributed by atoms with Crippen LogP contribution in [0.5, 0.6) is 0 Å². The van der Waals surface area contributed by atoms with Gasteiger partial charge in [-0.15, -0.1) is 11.8 Å². The maximum atomic E-state index is 14.3. The van der Waals surface area contributed by atoms with Crippen LogP contribution < -0.4 is 11.1 Å². The molecule has 3 aromatic carbocycles. The van der Waals surface area contributed by atoms with Crippen molar-refractivity contribution in [1.82, 2.24) is 15.3 Å². The standard InChI is InChI=1S/C30H30F2N4OS/c31-30(32)15-14-25(26(16-30)29(37)35-19-33)24-9-5-4-8-23(24)20-10-12-22(13-11-20)38-18-28-34-17-27(36-28)21-6-2-1-3-7-21/h1-13,17,25-26H,14-16,18-19,33H2,(H,34,36)(H,35,37)/t25-,26+/m0/s1. The third-order valence-electron chi connectivity index (χ3n) is 7.05. The van der Waals surface area contributed by atoms with Crippen molar-refractivity contribution >= 4 is 17.7 Å². The van der Waals surface area contributed by atoms with Gasteiger partial charge in [0.25, 0.3) is 0 Å². The molecule has 0 unspecified atom stereocenters. The van der Waals surface area contributed by atoms with Gasteiger partial charge >= 0.3 is 0 Å². The molecule has 5 nitrogen and oxygen atoms in total. The van der Waals surface area contributed by atoms with Crippen molar-refractivity contribution in [3.63, 3.8) is 0 Å². The lowest BCUT2D eigenvalue weighted by molar-refractivity contribution is -0.133. The Kier molecular flexibility index (Phi) is 7.90. The van der Waals surface area contributed by atoms with Gasteiger partial charge in [-0.1, -0.05) is 66.7 Å². The summed E-state index contributed by atoms with van der Waals surface area (Å²) in [6, 6.07) is 26.1. The molecule has 1 saturated carbocycles. The van der Waals surface area contributed by atoms with Crippen LogP contribution in [0, 0.1) is 5.92 Å². The number of halogens is 2. The third-order valence-corrected chi connectivity index (χ3v) is 8.08. The van der Waals surface area contributed by atoms with E-state index < -0.39 is 24.2 Å². The Morgan fingerprint density at radius 3 is 2.53 bits per heavy atom. The van der Waals surface area contributed by atoms with E-state index in [0.29, 0.717) is 5.75 Å². The molecule has 1 amide bonds. The Labute approximate surface area is 225 Å². The monoisotopic (exact) mass is 532 g/mol. The third kappa shape index (κ3) is 5.97. The average Bonchev–Trinajstić information content (AvgIpc) is 3.42. The summed E-state index contributed by atoms with van der Waals surface area (Å²) >= 11 is 1.69. The van der Waals surface area contributed by atoms with Crippen LogP contribution >= 0.6 is 11.8 Å². The SMILES string of the molecule is NCNC(=O)[C@@H]1CC(F)(F)CC[C@H]1c1ccccc1-c1ccc(SCc2ncc(-c3ccccc3)[nH]2)cc1. The summed E-state index contributed by atoms with van der Waals surface area (Å²) in [5, 5.41) is 2.55. The predicted molar refractivity (Wildman–Crippen MR) is 148 cm³/mol. The lowest BCUT2D eigenvalue weighted by Gasteiger charge is -2.36. The maximum absolute atomic E-state index is 14.3. The largest absolute Gasteiger partial charge is 0.344 e. The van der Waals surface area contributed by atoms with Gasteiger partial charge in [-0.25, -0.2) is 13.8 Å². The van der Waals surface area contributed by atoms with Crippen LogP contribution in [0.15, 0.2) is 90.0 Å². The first-order valence-corrected chi connectivity index (χ1v) is 13.7. The van der Waals surface area contributed by atoms with Gasteiger partial charge < -0.3 is 16.0 Å². The fourth-order valence-electron chi connectivity index (χ4n) is 5.18. The highest BCUT2D eigenvalue weighted by Gasteiger charge is 2.45. The number of carbonyl (C=O) groups is 1. The Morgan fingerprint density at radius 1 is 1.03 bits per heavy atom. The van der Waals surface area contributed by atoms with Gasteiger partial charge in [0, 0.05) is 17.7 Å². The molecule has 196 valence electrons. The van der Waals surface area contributed by atoms with Crippen molar-refractivity contribution in [2.24, 2.45) is 11.7 Å². The minimum Gasteiger partial charge on any atom is -0.344 e. The molecular formula is C30H30F2N4OS. The number of hydrogen-bond acceptors (Lipinski definition) is 4. The number of aromatic amines is 1. The number of aromatic nitrogens is 2. The molecule has 5 rings (SSSR count). The van der Waals surface area contributed by atoms with Crippen molar-refractivity contribution in [2.75, 3.05) is 6.67 Å². The van der Waals surface area contributed by atoms with E-state index in [0.717, 1.165) is 38.7 Å². The van der Waals surface area contributed by atoms with E-state index >= 15 is 0 Å². The molecule has 8 heteroatoms. The number of H-pyrrole nitrogens is 1. The van der Waals surface area contributed by atoms with E-state index in [1.54, 1.807) is 11.8 Å². The van der Waals surface area contributed by atoms with E-state index in [1.807, 2.05) is 72.9 Å². The molecule has 0 aliphatic heterocycles. The molecule has 1 aliphatic carbocycles. The Morgan fingerprint density at radius 2 is 1.76 bits per heavy atom. The highest BCUT2D eigenvalue weighted by molar-refractivity contribution is 7.98. The minimum absolute atomic E-state index is 0.0695. The fourth-order valence-corrected chi connectivity index (χ4v) is 5.96. The first-order valence-electron chi connectivity index (χ1n) is 12.7. The molecule has 4 aromatic rings. The molecule has 1 fully saturated rings. The number of benzene rings is 3. The first-order chi connectivity index (χ1) is 18.4. The fraction of sp³-hybridized carbons (Fsp3) is 0.267. The molecule has 38 heavy (non-hydrogen) atoms. The highest BCUT2D eigenvalue weighted by atomic mass is 32.2. The smallest absolute Gasteiger partial charge is 0.249 e. The number of nitrogens with one attached hydrogen (secondary N) is 2. The van der Waals surface area contributed by atoms with E-state index in [9.17, 15) is 13.6 Å². The summed E-state index contributed by atoms with van der Waals surface area (Å²) in [4.78, 5) is 21.7. The van der Waals surface area contributed by atoms with Crippen molar-refractivity contribution in [3.05, 3.63) is 96.4 Å². The molecule has 0 bridgehead atoms. The van der Waals surface area contributed by atoms with E-state index in [4.69, 9.17) is 5.73 Å². The molecule has 2 atom stereocenters. The normalized spacial score (nSPS) is 18.7. The lowest BCUT2D eigenvalue weighted by Crippen LogP contribution is -2.43. The second-order valence-electron chi connectivity index (χ2n) is 9.57. The summed E-state index contributed by atoms with van der Waals surface area (Å²) in [6.07, 6.45) is 1.40. The van der Waals surface area contributed by atoms with Crippen LogP contribution in [0.4, 0.5) is 8.78 Å². The predicted octanol–water partition coefficient (Wildman–Crippen LogP) is 6.59. The zero-order valence-electron chi connectivity index (χ0n) is 20.9. The van der Waals surface area contributed by atoms with Crippen LogP contribution in [0.2, 0.25) is 0 Å². The topological polar surface area (TPSA) is 83.8 Å². The minimum atomic E-state index is -2.85. The molecular weight excluding hydrogens is 502 g/mol. The molecule has 0 radical (unpaired) electrons. The number of imidazole rings is 1. The van der Waals surface area contributed by atoms with Crippen molar-refractivity contribution in [3.8, 4) is 22.4 Å². The zero-order chi connectivity index (χ0) is 26.5. The van der Waals surface area contributed by atoms with E-state index in [-0.39, 0.29) is 25.4 Å². The number of alkyl halides is 2. The Hall–Kier alpha value is -3.49. The Bertz CT molecular complexity index is 1370.